The molecular weight excluding hydrogens is 238 g/mol. The number of carbonyl (C=O) groups excluding carboxylic acids is 2. The molecule has 0 spiro atoms. The van der Waals surface area contributed by atoms with Crippen LogP contribution in [0.1, 0.15) is 19.8 Å². The summed E-state index contributed by atoms with van der Waals surface area (Å²) in [6, 6.07) is -0.586. The highest BCUT2D eigenvalue weighted by molar-refractivity contribution is 5.96. The van der Waals surface area contributed by atoms with Crippen molar-refractivity contribution in [1.29, 1.82) is 0 Å². The van der Waals surface area contributed by atoms with E-state index in [1.54, 1.807) is 4.90 Å². The van der Waals surface area contributed by atoms with Crippen LogP contribution in [0.4, 0.5) is 4.79 Å². The van der Waals surface area contributed by atoms with E-state index in [1.807, 2.05) is 0 Å². The maximum Gasteiger partial charge on any atom is 0.315 e. The van der Waals surface area contributed by atoms with E-state index in [9.17, 15) is 14.4 Å². The van der Waals surface area contributed by atoms with Crippen molar-refractivity contribution < 1.29 is 19.5 Å². The number of likely N-dealkylation sites (tertiary alicyclic amines) is 1. The number of urea groups is 1. The van der Waals surface area contributed by atoms with E-state index in [1.165, 1.54) is 6.92 Å². The molecule has 0 aromatic heterocycles. The highest BCUT2D eigenvalue weighted by Gasteiger charge is 2.30. The molecule has 3 amide bonds. The SMILES string of the molecule is CC(C(=O)O)C(=O)N1CCCC(CNC(N)=O)C1. The molecule has 102 valence electrons. The average molecular weight is 257 g/mol. The van der Waals surface area contributed by atoms with Gasteiger partial charge in [-0.25, -0.2) is 4.79 Å². The zero-order valence-corrected chi connectivity index (χ0v) is 10.4. The predicted octanol–water partition coefficient (Wildman–Crippen LogP) is -0.386. The molecule has 18 heavy (non-hydrogen) atoms. The van der Waals surface area contributed by atoms with Gasteiger partial charge in [0, 0.05) is 19.6 Å². The summed E-state index contributed by atoms with van der Waals surface area (Å²) in [5.41, 5.74) is 4.98. The first-order chi connectivity index (χ1) is 8.41. The molecule has 1 aliphatic heterocycles. The number of piperidine rings is 1. The Labute approximate surface area is 105 Å². The first kappa shape index (κ1) is 14.3. The number of rotatable bonds is 4. The number of nitrogens with two attached hydrogens (primary N) is 1. The topological polar surface area (TPSA) is 113 Å². The van der Waals surface area contributed by atoms with Gasteiger partial charge in [0.2, 0.25) is 5.91 Å². The fourth-order valence-corrected chi connectivity index (χ4v) is 2.06. The standard InChI is InChI=1S/C11H19N3O4/c1-7(10(16)17)9(15)14-4-2-3-8(6-14)5-13-11(12)18/h7-8H,2-6H2,1H3,(H,16,17)(H3,12,13,18). The molecule has 1 fully saturated rings. The highest BCUT2D eigenvalue weighted by Crippen LogP contribution is 2.17. The summed E-state index contributed by atoms with van der Waals surface area (Å²) in [6.45, 7) is 2.84. The molecular formula is C11H19N3O4. The monoisotopic (exact) mass is 257 g/mol. The number of amides is 3. The van der Waals surface area contributed by atoms with Gasteiger partial charge in [-0.2, -0.15) is 0 Å². The van der Waals surface area contributed by atoms with Crippen molar-refractivity contribution in [3.63, 3.8) is 0 Å². The van der Waals surface area contributed by atoms with Crippen molar-refractivity contribution >= 4 is 17.9 Å². The molecule has 0 aliphatic carbocycles. The zero-order valence-electron chi connectivity index (χ0n) is 10.4. The van der Waals surface area contributed by atoms with E-state index in [2.05, 4.69) is 5.32 Å². The number of aliphatic carboxylic acids is 1. The molecule has 0 aromatic carbocycles. The summed E-state index contributed by atoms with van der Waals surface area (Å²) in [4.78, 5) is 34.8. The summed E-state index contributed by atoms with van der Waals surface area (Å²) in [5, 5.41) is 11.3. The third kappa shape index (κ3) is 3.90. The fraction of sp³-hybridized carbons (Fsp3) is 0.727. The number of carboxylic acid groups (broad SMARTS) is 1. The van der Waals surface area contributed by atoms with Gasteiger partial charge in [0.15, 0.2) is 0 Å². The van der Waals surface area contributed by atoms with Crippen molar-refractivity contribution in [3.05, 3.63) is 0 Å². The number of carbonyl (C=O) groups is 3. The summed E-state index contributed by atoms with van der Waals surface area (Å²) in [5.74, 6) is -2.37. The molecule has 0 aromatic rings. The molecule has 4 N–H and O–H groups in total. The summed E-state index contributed by atoms with van der Waals surface area (Å²) in [7, 11) is 0. The van der Waals surface area contributed by atoms with Crippen LogP contribution in [0.25, 0.3) is 0 Å². The van der Waals surface area contributed by atoms with Gasteiger partial charge in [-0.15, -0.1) is 0 Å². The van der Waals surface area contributed by atoms with Crippen LogP contribution in [0.3, 0.4) is 0 Å². The number of primary amides is 1. The van der Waals surface area contributed by atoms with E-state index in [4.69, 9.17) is 10.8 Å². The normalized spacial score (nSPS) is 21.2. The van der Waals surface area contributed by atoms with Crippen LogP contribution in [0, 0.1) is 11.8 Å². The smallest absolute Gasteiger partial charge is 0.315 e. The molecule has 1 rings (SSSR count). The Kier molecular flexibility index (Phi) is 4.94. The second-order valence-electron chi connectivity index (χ2n) is 4.60. The quantitative estimate of drug-likeness (QED) is 0.595. The van der Waals surface area contributed by atoms with Crippen LogP contribution < -0.4 is 11.1 Å². The minimum atomic E-state index is -1.11. The fourth-order valence-electron chi connectivity index (χ4n) is 2.06. The lowest BCUT2D eigenvalue weighted by atomic mass is 9.96. The molecule has 0 radical (unpaired) electrons. The van der Waals surface area contributed by atoms with Crippen molar-refractivity contribution in [3.8, 4) is 0 Å². The second kappa shape index (κ2) is 6.23. The minimum Gasteiger partial charge on any atom is -0.481 e. The Balaban J connectivity index is 2.50. The minimum absolute atomic E-state index is 0.135. The van der Waals surface area contributed by atoms with Crippen LogP contribution >= 0.6 is 0 Å². The number of hydrogen-bond acceptors (Lipinski definition) is 3. The molecule has 1 aliphatic rings. The third-order valence-electron chi connectivity index (χ3n) is 3.14. The largest absolute Gasteiger partial charge is 0.481 e. The van der Waals surface area contributed by atoms with Gasteiger partial charge in [-0.05, 0) is 25.7 Å². The van der Waals surface area contributed by atoms with Gasteiger partial charge < -0.3 is 21.1 Å². The van der Waals surface area contributed by atoms with Gasteiger partial charge in [-0.3, -0.25) is 9.59 Å². The maximum absolute atomic E-state index is 11.9. The molecule has 0 saturated carbocycles. The maximum atomic E-state index is 11.9. The lowest BCUT2D eigenvalue weighted by Crippen LogP contribution is -2.47. The van der Waals surface area contributed by atoms with E-state index < -0.39 is 17.9 Å². The molecule has 2 unspecified atom stereocenters. The summed E-state index contributed by atoms with van der Waals surface area (Å²) in [6.07, 6.45) is 1.70. The van der Waals surface area contributed by atoms with Crippen molar-refractivity contribution in [2.75, 3.05) is 19.6 Å². The van der Waals surface area contributed by atoms with E-state index in [0.29, 0.717) is 19.6 Å². The van der Waals surface area contributed by atoms with Crippen LogP contribution in [-0.2, 0) is 9.59 Å². The zero-order chi connectivity index (χ0) is 13.7. The van der Waals surface area contributed by atoms with Gasteiger partial charge in [0.25, 0.3) is 0 Å². The van der Waals surface area contributed by atoms with E-state index in [0.717, 1.165) is 12.8 Å². The van der Waals surface area contributed by atoms with E-state index in [-0.39, 0.29) is 11.8 Å². The Morgan fingerprint density at radius 3 is 2.72 bits per heavy atom. The van der Waals surface area contributed by atoms with Gasteiger partial charge in [0.1, 0.15) is 5.92 Å². The first-order valence-electron chi connectivity index (χ1n) is 5.96. The summed E-state index contributed by atoms with van der Waals surface area (Å²) < 4.78 is 0. The lowest BCUT2D eigenvalue weighted by Gasteiger charge is -2.33. The van der Waals surface area contributed by atoms with E-state index >= 15 is 0 Å². The van der Waals surface area contributed by atoms with Gasteiger partial charge in [-0.1, -0.05) is 0 Å². The van der Waals surface area contributed by atoms with Crippen LogP contribution in [0.2, 0.25) is 0 Å². The molecule has 1 heterocycles. The lowest BCUT2D eigenvalue weighted by molar-refractivity contribution is -0.151. The third-order valence-corrected chi connectivity index (χ3v) is 3.14. The molecule has 1 saturated heterocycles. The van der Waals surface area contributed by atoms with Crippen molar-refractivity contribution in [2.24, 2.45) is 17.6 Å². The molecule has 7 heteroatoms. The number of hydrogen-bond donors (Lipinski definition) is 3. The Morgan fingerprint density at radius 1 is 1.50 bits per heavy atom. The van der Waals surface area contributed by atoms with Gasteiger partial charge >= 0.3 is 12.0 Å². The van der Waals surface area contributed by atoms with Crippen molar-refractivity contribution in [1.82, 2.24) is 10.2 Å². The van der Waals surface area contributed by atoms with Crippen LogP contribution in [0.15, 0.2) is 0 Å². The average Bonchev–Trinajstić information content (AvgIpc) is 2.34. The first-order valence-corrected chi connectivity index (χ1v) is 5.96. The second-order valence-corrected chi connectivity index (χ2v) is 4.60. The molecule has 2 atom stereocenters. The number of carboxylic acids is 1. The Hall–Kier alpha value is -1.79. The predicted molar refractivity (Wildman–Crippen MR) is 63.7 cm³/mol. The van der Waals surface area contributed by atoms with Crippen LogP contribution in [0.5, 0.6) is 0 Å². The van der Waals surface area contributed by atoms with Crippen molar-refractivity contribution in [2.45, 2.75) is 19.8 Å². The van der Waals surface area contributed by atoms with Gasteiger partial charge in [0.05, 0.1) is 0 Å². The number of nitrogens with one attached hydrogen (secondary N) is 1. The Bertz CT molecular complexity index is 345. The molecule has 7 nitrogen and oxygen atoms in total. The highest BCUT2D eigenvalue weighted by atomic mass is 16.4. The Morgan fingerprint density at radius 2 is 2.17 bits per heavy atom. The molecule has 0 bridgehead atoms. The van der Waals surface area contributed by atoms with Crippen LogP contribution in [-0.4, -0.2) is 47.5 Å². The number of nitrogens with zero attached hydrogens (tertiary/aromatic N) is 1. The summed E-state index contributed by atoms with van der Waals surface area (Å²) >= 11 is 0.